The third kappa shape index (κ3) is 2.96. The fraction of sp³-hybridized carbons (Fsp3) is 0.588. The number of aliphatic hydroxyl groups is 2. The lowest BCUT2D eigenvalue weighted by Crippen LogP contribution is -2.55. The average Bonchev–Trinajstić information content (AvgIpc) is 2.98. The summed E-state index contributed by atoms with van der Waals surface area (Å²) in [6.07, 6.45) is 2.43. The minimum absolute atomic E-state index is 0.0147. The Morgan fingerprint density at radius 3 is 2.96 bits per heavy atom. The highest BCUT2D eigenvalue weighted by molar-refractivity contribution is 5.93. The fourth-order valence-electron chi connectivity index (χ4n) is 3.70. The van der Waals surface area contributed by atoms with Crippen LogP contribution in [0.4, 0.5) is 0 Å². The van der Waals surface area contributed by atoms with Gasteiger partial charge in [-0.15, -0.1) is 0 Å². The summed E-state index contributed by atoms with van der Waals surface area (Å²) < 4.78 is 1.26. The molecule has 2 aromatic rings. The maximum Gasteiger partial charge on any atom is 0.285 e. The van der Waals surface area contributed by atoms with Gasteiger partial charge in [-0.1, -0.05) is 13.3 Å². The van der Waals surface area contributed by atoms with E-state index in [0.717, 1.165) is 12.1 Å². The molecule has 3 rings (SSSR count). The maximum absolute atomic E-state index is 12.9. The van der Waals surface area contributed by atoms with Gasteiger partial charge in [-0.05, 0) is 19.8 Å². The van der Waals surface area contributed by atoms with E-state index in [4.69, 9.17) is 0 Å². The van der Waals surface area contributed by atoms with E-state index in [0.29, 0.717) is 25.0 Å². The molecule has 0 aromatic carbocycles. The number of nitrogens with one attached hydrogen (secondary N) is 1. The minimum atomic E-state index is -0.737. The Bertz CT molecular complexity index is 843. The van der Waals surface area contributed by atoms with Crippen molar-refractivity contribution in [1.29, 1.82) is 0 Å². The van der Waals surface area contributed by atoms with Gasteiger partial charge in [0.25, 0.3) is 11.5 Å². The first kappa shape index (κ1) is 17.6. The zero-order chi connectivity index (χ0) is 18.2. The van der Waals surface area contributed by atoms with Crippen molar-refractivity contribution in [2.24, 2.45) is 5.41 Å². The molecule has 136 valence electrons. The Hall–Kier alpha value is -2.19. The molecular weight excluding hydrogens is 324 g/mol. The van der Waals surface area contributed by atoms with Crippen molar-refractivity contribution in [2.45, 2.75) is 39.2 Å². The standard InChI is InChI=1S/C17H24N4O4/c1-3-5-17(10-22)9-20(6-4-13(17)23)15(24)12-8-18-14-7-11(2)19-21(14)16(12)25/h7-8,13,19,22-23H,3-6,9-10H2,1-2H3/t13-,17+/m1/s1. The van der Waals surface area contributed by atoms with Crippen LogP contribution in [0.2, 0.25) is 0 Å². The highest BCUT2D eigenvalue weighted by atomic mass is 16.3. The highest BCUT2D eigenvalue weighted by Gasteiger charge is 2.43. The van der Waals surface area contributed by atoms with Crippen molar-refractivity contribution < 1.29 is 15.0 Å². The molecule has 1 aliphatic heterocycles. The summed E-state index contributed by atoms with van der Waals surface area (Å²) in [5, 5.41) is 23.0. The number of fused-ring (bicyclic) bond motifs is 1. The van der Waals surface area contributed by atoms with Gasteiger partial charge in [0.1, 0.15) is 5.56 Å². The number of carbonyl (C=O) groups is 1. The van der Waals surface area contributed by atoms with Crippen molar-refractivity contribution >= 4 is 11.6 Å². The molecule has 0 spiro atoms. The van der Waals surface area contributed by atoms with Crippen LogP contribution in [0.25, 0.3) is 5.65 Å². The minimum Gasteiger partial charge on any atom is -0.396 e. The van der Waals surface area contributed by atoms with Gasteiger partial charge in [0.15, 0.2) is 5.65 Å². The number of amides is 1. The fourth-order valence-corrected chi connectivity index (χ4v) is 3.70. The van der Waals surface area contributed by atoms with Crippen molar-refractivity contribution in [3.05, 3.63) is 33.9 Å². The SMILES string of the molecule is CCC[C@@]1(CO)CN(C(=O)c2cnc3cc(C)[nH]n3c2=O)CC[C@H]1O. The molecule has 25 heavy (non-hydrogen) atoms. The molecule has 1 saturated heterocycles. The van der Waals surface area contributed by atoms with Crippen molar-refractivity contribution in [2.75, 3.05) is 19.7 Å². The predicted molar refractivity (Wildman–Crippen MR) is 91.5 cm³/mol. The van der Waals surface area contributed by atoms with Crippen LogP contribution in [-0.2, 0) is 0 Å². The Kier molecular flexibility index (Phi) is 4.66. The van der Waals surface area contributed by atoms with Crippen molar-refractivity contribution in [3.63, 3.8) is 0 Å². The van der Waals surface area contributed by atoms with E-state index in [1.165, 1.54) is 10.7 Å². The van der Waals surface area contributed by atoms with Crippen molar-refractivity contribution in [1.82, 2.24) is 19.5 Å². The number of hydrogen-bond donors (Lipinski definition) is 3. The molecule has 0 saturated carbocycles. The molecule has 0 aliphatic carbocycles. The Morgan fingerprint density at radius 1 is 1.52 bits per heavy atom. The Balaban J connectivity index is 1.93. The number of H-pyrrole nitrogens is 1. The molecule has 1 aliphatic rings. The second-order valence-electron chi connectivity index (χ2n) is 6.91. The van der Waals surface area contributed by atoms with Gasteiger partial charge in [-0.2, -0.15) is 0 Å². The average molecular weight is 348 g/mol. The van der Waals surface area contributed by atoms with Gasteiger partial charge < -0.3 is 15.1 Å². The van der Waals surface area contributed by atoms with Gasteiger partial charge in [-0.25, -0.2) is 9.50 Å². The van der Waals surface area contributed by atoms with Crippen LogP contribution in [0.1, 0.15) is 42.2 Å². The molecule has 0 bridgehead atoms. The van der Waals surface area contributed by atoms with Crippen LogP contribution in [0.15, 0.2) is 17.1 Å². The zero-order valence-electron chi connectivity index (χ0n) is 14.5. The number of nitrogens with zero attached hydrogens (tertiary/aromatic N) is 3. The van der Waals surface area contributed by atoms with E-state index < -0.39 is 23.0 Å². The number of aromatic amines is 1. The lowest BCUT2D eigenvalue weighted by molar-refractivity contribution is -0.0720. The van der Waals surface area contributed by atoms with E-state index in [1.807, 2.05) is 13.8 Å². The van der Waals surface area contributed by atoms with Crippen molar-refractivity contribution in [3.8, 4) is 0 Å². The van der Waals surface area contributed by atoms with Gasteiger partial charge in [0.2, 0.25) is 0 Å². The number of aliphatic hydroxyl groups excluding tert-OH is 2. The third-order valence-corrected chi connectivity index (χ3v) is 5.09. The second kappa shape index (κ2) is 6.61. The van der Waals surface area contributed by atoms with E-state index in [1.54, 1.807) is 11.0 Å². The number of carbonyl (C=O) groups excluding carboxylic acids is 1. The largest absolute Gasteiger partial charge is 0.396 e. The number of aryl methyl sites for hydroxylation is 1. The molecule has 3 heterocycles. The van der Waals surface area contributed by atoms with E-state index in [9.17, 15) is 19.8 Å². The van der Waals surface area contributed by atoms with Crippen LogP contribution < -0.4 is 5.56 Å². The van der Waals surface area contributed by atoms with Gasteiger partial charge in [0.05, 0.1) is 12.7 Å². The molecule has 2 atom stereocenters. The summed E-state index contributed by atoms with van der Waals surface area (Å²) in [5.41, 5.74) is 0.0408. The first-order valence-corrected chi connectivity index (χ1v) is 8.57. The second-order valence-corrected chi connectivity index (χ2v) is 6.91. The number of piperidine rings is 1. The maximum atomic E-state index is 12.9. The first-order chi connectivity index (χ1) is 11.9. The smallest absolute Gasteiger partial charge is 0.285 e. The Labute approximate surface area is 145 Å². The number of likely N-dealkylation sites (tertiary alicyclic amines) is 1. The summed E-state index contributed by atoms with van der Waals surface area (Å²) in [4.78, 5) is 31.2. The molecule has 8 nitrogen and oxygen atoms in total. The molecule has 8 heteroatoms. The van der Waals surface area contributed by atoms with Crippen LogP contribution in [0.5, 0.6) is 0 Å². The summed E-state index contributed by atoms with van der Waals surface area (Å²) in [6, 6.07) is 1.73. The van der Waals surface area contributed by atoms with E-state index >= 15 is 0 Å². The quantitative estimate of drug-likeness (QED) is 0.737. The number of rotatable bonds is 4. The molecule has 0 radical (unpaired) electrons. The highest BCUT2D eigenvalue weighted by Crippen LogP contribution is 2.35. The molecule has 2 aromatic heterocycles. The van der Waals surface area contributed by atoms with Gasteiger partial charge in [0, 0.05) is 36.5 Å². The van der Waals surface area contributed by atoms with Crippen LogP contribution in [-0.4, -0.2) is 61.4 Å². The first-order valence-electron chi connectivity index (χ1n) is 8.57. The number of aromatic nitrogens is 3. The van der Waals surface area contributed by atoms with Crippen LogP contribution in [0.3, 0.4) is 0 Å². The Morgan fingerprint density at radius 2 is 2.28 bits per heavy atom. The molecule has 0 unspecified atom stereocenters. The predicted octanol–water partition coefficient (Wildman–Crippen LogP) is 0.317. The normalized spacial score (nSPS) is 24.0. The molecule has 1 amide bonds. The van der Waals surface area contributed by atoms with Crippen LogP contribution >= 0.6 is 0 Å². The van der Waals surface area contributed by atoms with Crippen LogP contribution in [0, 0.1) is 12.3 Å². The lowest BCUT2D eigenvalue weighted by Gasteiger charge is -2.45. The molecule has 3 N–H and O–H groups in total. The monoisotopic (exact) mass is 348 g/mol. The molecular formula is C17H24N4O4. The third-order valence-electron chi connectivity index (χ3n) is 5.09. The van der Waals surface area contributed by atoms with Gasteiger partial charge in [-0.3, -0.25) is 14.7 Å². The molecule has 1 fully saturated rings. The summed E-state index contributed by atoms with van der Waals surface area (Å²) in [6.45, 7) is 4.16. The van der Waals surface area contributed by atoms with E-state index in [2.05, 4.69) is 10.1 Å². The summed E-state index contributed by atoms with van der Waals surface area (Å²) >= 11 is 0. The lowest BCUT2D eigenvalue weighted by atomic mass is 9.74. The zero-order valence-corrected chi connectivity index (χ0v) is 14.5. The topological polar surface area (TPSA) is 111 Å². The number of hydrogen-bond acceptors (Lipinski definition) is 5. The van der Waals surface area contributed by atoms with Gasteiger partial charge >= 0.3 is 0 Å². The summed E-state index contributed by atoms with van der Waals surface area (Å²) in [5.74, 6) is -0.417. The summed E-state index contributed by atoms with van der Waals surface area (Å²) in [7, 11) is 0. The van der Waals surface area contributed by atoms with E-state index in [-0.39, 0.29) is 18.7 Å².